The third kappa shape index (κ3) is 2.03. The number of nitrogens with one attached hydrogen (secondary N) is 2. The first-order valence-electron chi connectivity index (χ1n) is 5.91. The van der Waals surface area contributed by atoms with Gasteiger partial charge in [-0.15, -0.1) is 0 Å². The molecule has 3 heteroatoms. The van der Waals surface area contributed by atoms with Crippen LogP contribution in [-0.4, -0.2) is 16.2 Å². The highest BCUT2D eigenvalue weighted by atomic mass is 15.1. The second kappa shape index (κ2) is 4.56. The molecule has 0 aliphatic rings. The second-order valence-electron chi connectivity index (χ2n) is 4.46. The molecule has 1 aromatic heterocycles. The molecular formula is C13H19N3. The van der Waals surface area contributed by atoms with Crippen molar-refractivity contribution < 1.29 is 0 Å². The lowest BCUT2D eigenvalue weighted by atomic mass is 10.0. The van der Waals surface area contributed by atoms with Gasteiger partial charge in [-0.3, -0.25) is 5.10 Å². The quantitative estimate of drug-likeness (QED) is 0.824. The van der Waals surface area contributed by atoms with Gasteiger partial charge in [-0.05, 0) is 18.9 Å². The maximum Gasteiger partial charge on any atom is 0.0881 e. The van der Waals surface area contributed by atoms with Gasteiger partial charge in [-0.2, -0.15) is 5.10 Å². The average Bonchev–Trinajstić information content (AvgIpc) is 2.77. The van der Waals surface area contributed by atoms with Crippen LogP contribution in [0, 0.1) is 5.92 Å². The number of nitrogens with zero attached hydrogens (tertiary/aromatic N) is 1. The number of aromatic amines is 1. The highest BCUT2D eigenvalue weighted by Gasteiger charge is 2.11. The number of benzene rings is 1. The highest BCUT2D eigenvalue weighted by molar-refractivity contribution is 5.89. The first-order chi connectivity index (χ1) is 7.72. The molecule has 0 aliphatic carbocycles. The molecule has 1 aromatic carbocycles. The molecule has 16 heavy (non-hydrogen) atoms. The summed E-state index contributed by atoms with van der Waals surface area (Å²) >= 11 is 0. The van der Waals surface area contributed by atoms with Gasteiger partial charge in [-0.1, -0.05) is 32.4 Å². The standard InChI is InChI=1S/C13H19N3/c1-4-9(2)10(3)15-12-7-5-6-11-8-14-16-13(11)12/h5-10,15H,4H2,1-3H3,(H,14,16). The first-order valence-corrected chi connectivity index (χ1v) is 5.91. The van der Waals surface area contributed by atoms with Crippen molar-refractivity contribution in [2.24, 2.45) is 5.92 Å². The fourth-order valence-electron chi connectivity index (χ4n) is 1.83. The fraction of sp³-hybridized carbons (Fsp3) is 0.462. The Labute approximate surface area is 96.2 Å². The van der Waals surface area contributed by atoms with E-state index in [-0.39, 0.29) is 0 Å². The van der Waals surface area contributed by atoms with Crippen LogP contribution in [0.25, 0.3) is 10.9 Å². The second-order valence-corrected chi connectivity index (χ2v) is 4.46. The SMILES string of the molecule is CCC(C)C(C)Nc1cccc2cn[nH]c12. The van der Waals surface area contributed by atoms with Crippen LogP contribution < -0.4 is 5.32 Å². The molecule has 0 radical (unpaired) electrons. The van der Waals surface area contributed by atoms with Crippen molar-refractivity contribution in [1.82, 2.24) is 10.2 Å². The maximum absolute atomic E-state index is 4.07. The van der Waals surface area contributed by atoms with E-state index in [1.54, 1.807) is 0 Å². The van der Waals surface area contributed by atoms with E-state index in [4.69, 9.17) is 0 Å². The summed E-state index contributed by atoms with van der Waals surface area (Å²) < 4.78 is 0. The smallest absolute Gasteiger partial charge is 0.0881 e. The average molecular weight is 217 g/mol. The molecular weight excluding hydrogens is 198 g/mol. The molecule has 0 fully saturated rings. The van der Waals surface area contributed by atoms with Crippen LogP contribution in [-0.2, 0) is 0 Å². The van der Waals surface area contributed by atoms with Crippen LogP contribution in [0.5, 0.6) is 0 Å². The summed E-state index contributed by atoms with van der Waals surface area (Å²) in [5.74, 6) is 0.665. The molecule has 2 unspecified atom stereocenters. The summed E-state index contributed by atoms with van der Waals surface area (Å²) in [5.41, 5.74) is 2.24. The molecule has 86 valence electrons. The lowest BCUT2D eigenvalue weighted by Gasteiger charge is -2.21. The summed E-state index contributed by atoms with van der Waals surface area (Å²) in [5, 5.41) is 11.8. The predicted octanol–water partition coefficient (Wildman–Crippen LogP) is 3.41. The Hall–Kier alpha value is -1.51. The van der Waals surface area contributed by atoms with Gasteiger partial charge in [0.25, 0.3) is 0 Å². The maximum atomic E-state index is 4.07. The monoisotopic (exact) mass is 217 g/mol. The van der Waals surface area contributed by atoms with Crippen molar-refractivity contribution in [3.63, 3.8) is 0 Å². The van der Waals surface area contributed by atoms with E-state index in [2.05, 4.69) is 54.5 Å². The Kier molecular flexibility index (Phi) is 3.13. The molecule has 2 aromatic rings. The zero-order chi connectivity index (χ0) is 11.5. The van der Waals surface area contributed by atoms with E-state index in [1.165, 1.54) is 6.42 Å². The molecule has 3 nitrogen and oxygen atoms in total. The van der Waals surface area contributed by atoms with E-state index in [1.807, 2.05) is 6.20 Å². The Morgan fingerprint density at radius 1 is 1.38 bits per heavy atom. The number of hydrogen-bond donors (Lipinski definition) is 2. The zero-order valence-corrected chi connectivity index (χ0v) is 10.1. The lowest BCUT2D eigenvalue weighted by molar-refractivity contribution is 0.495. The predicted molar refractivity (Wildman–Crippen MR) is 68.6 cm³/mol. The van der Waals surface area contributed by atoms with Gasteiger partial charge in [0.2, 0.25) is 0 Å². The van der Waals surface area contributed by atoms with Crippen LogP contribution in [0.15, 0.2) is 24.4 Å². The molecule has 0 amide bonds. The number of hydrogen-bond acceptors (Lipinski definition) is 2. The van der Waals surface area contributed by atoms with Gasteiger partial charge in [0.05, 0.1) is 17.4 Å². The largest absolute Gasteiger partial charge is 0.381 e. The third-order valence-electron chi connectivity index (χ3n) is 3.36. The topological polar surface area (TPSA) is 40.7 Å². The van der Waals surface area contributed by atoms with E-state index < -0.39 is 0 Å². The van der Waals surface area contributed by atoms with E-state index in [0.29, 0.717) is 12.0 Å². The Morgan fingerprint density at radius 2 is 2.19 bits per heavy atom. The minimum atomic E-state index is 0.471. The molecule has 0 saturated carbocycles. The van der Waals surface area contributed by atoms with E-state index in [0.717, 1.165) is 16.6 Å². The van der Waals surface area contributed by atoms with Gasteiger partial charge >= 0.3 is 0 Å². The van der Waals surface area contributed by atoms with Gasteiger partial charge < -0.3 is 5.32 Å². The van der Waals surface area contributed by atoms with E-state index >= 15 is 0 Å². The molecule has 2 N–H and O–H groups in total. The minimum absolute atomic E-state index is 0.471. The van der Waals surface area contributed by atoms with Crippen molar-refractivity contribution >= 4 is 16.6 Å². The minimum Gasteiger partial charge on any atom is -0.381 e. The molecule has 0 spiro atoms. The van der Waals surface area contributed by atoms with Crippen molar-refractivity contribution in [1.29, 1.82) is 0 Å². The van der Waals surface area contributed by atoms with Crippen molar-refractivity contribution in [3.05, 3.63) is 24.4 Å². The Bertz CT molecular complexity index is 461. The molecule has 0 aliphatic heterocycles. The van der Waals surface area contributed by atoms with Gasteiger partial charge in [0, 0.05) is 11.4 Å². The summed E-state index contributed by atoms with van der Waals surface area (Å²) in [4.78, 5) is 0. The van der Waals surface area contributed by atoms with Gasteiger partial charge in [0.15, 0.2) is 0 Å². The van der Waals surface area contributed by atoms with Gasteiger partial charge in [0.1, 0.15) is 0 Å². The number of aromatic nitrogens is 2. The number of H-pyrrole nitrogens is 1. The fourth-order valence-corrected chi connectivity index (χ4v) is 1.83. The summed E-state index contributed by atoms with van der Waals surface area (Å²) in [7, 11) is 0. The van der Waals surface area contributed by atoms with Crippen LogP contribution in [0.4, 0.5) is 5.69 Å². The zero-order valence-electron chi connectivity index (χ0n) is 10.1. The Morgan fingerprint density at radius 3 is 2.94 bits per heavy atom. The summed E-state index contributed by atoms with van der Waals surface area (Å²) in [6, 6.07) is 6.69. The summed E-state index contributed by atoms with van der Waals surface area (Å²) in [6.07, 6.45) is 3.04. The molecule has 2 atom stereocenters. The highest BCUT2D eigenvalue weighted by Crippen LogP contribution is 2.22. The molecule has 1 heterocycles. The van der Waals surface area contributed by atoms with Crippen LogP contribution >= 0.6 is 0 Å². The van der Waals surface area contributed by atoms with Crippen molar-refractivity contribution in [3.8, 4) is 0 Å². The van der Waals surface area contributed by atoms with Crippen molar-refractivity contribution in [2.75, 3.05) is 5.32 Å². The molecule has 0 saturated heterocycles. The third-order valence-corrected chi connectivity index (χ3v) is 3.36. The first kappa shape index (κ1) is 11.0. The number of fused-ring (bicyclic) bond motifs is 1. The van der Waals surface area contributed by atoms with Crippen LogP contribution in [0.2, 0.25) is 0 Å². The normalized spacial score (nSPS) is 14.9. The van der Waals surface area contributed by atoms with Crippen molar-refractivity contribution in [2.45, 2.75) is 33.2 Å². The Balaban J connectivity index is 2.23. The van der Waals surface area contributed by atoms with Crippen LogP contribution in [0.3, 0.4) is 0 Å². The molecule has 2 rings (SSSR count). The van der Waals surface area contributed by atoms with Gasteiger partial charge in [-0.25, -0.2) is 0 Å². The molecule has 0 bridgehead atoms. The number of para-hydroxylation sites is 1. The number of anilines is 1. The lowest BCUT2D eigenvalue weighted by Crippen LogP contribution is -2.23. The summed E-state index contributed by atoms with van der Waals surface area (Å²) in [6.45, 7) is 6.72. The van der Waals surface area contributed by atoms with E-state index in [9.17, 15) is 0 Å². The number of rotatable bonds is 4. The van der Waals surface area contributed by atoms with Crippen LogP contribution in [0.1, 0.15) is 27.2 Å².